The number of ether oxygens (including phenoxy) is 1. The summed E-state index contributed by atoms with van der Waals surface area (Å²) in [5, 5.41) is 3.13. The predicted octanol–water partition coefficient (Wildman–Crippen LogP) is -0.305. The van der Waals surface area contributed by atoms with Gasteiger partial charge in [0.05, 0.1) is 0 Å². The first-order valence-corrected chi connectivity index (χ1v) is 10.3. The summed E-state index contributed by atoms with van der Waals surface area (Å²) < 4.78 is 40.4. The second-order valence-electron chi connectivity index (χ2n) is 5.02. The highest BCUT2D eigenvalue weighted by molar-refractivity contribution is 7.96. The number of carbonyl (C=O) groups is 1. The van der Waals surface area contributed by atoms with E-state index in [1.54, 1.807) is 11.0 Å². The van der Waals surface area contributed by atoms with Crippen LogP contribution in [0.5, 0.6) is 5.75 Å². The quantitative estimate of drug-likeness (QED) is 0.668. The number of piperazine rings is 1. The van der Waals surface area contributed by atoms with Gasteiger partial charge in [0.25, 0.3) is 5.91 Å². The van der Waals surface area contributed by atoms with Crippen LogP contribution in [0.2, 0.25) is 0 Å². The normalized spacial score (nSPS) is 16.8. The van der Waals surface area contributed by atoms with E-state index in [0.29, 0.717) is 26.2 Å². The molecule has 0 bridgehead atoms. The lowest BCUT2D eigenvalue weighted by Gasteiger charge is -2.27. The van der Waals surface area contributed by atoms with Crippen LogP contribution in [0.25, 0.3) is 0 Å². The van der Waals surface area contributed by atoms with Crippen molar-refractivity contribution < 1.29 is 27.4 Å². The molecular weight excluding hydrogens is 343 g/mol. The standard InChI is InChI=1S/C13H19N2O6PS/c16-13(15-7-5-14-6-8-15)9-21-11-3-1-2-4-12(11)23(19,20)10-22(17)18/h1-4,14,22H,5-10H2,(H,17,18). The minimum Gasteiger partial charge on any atom is -0.482 e. The summed E-state index contributed by atoms with van der Waals surface area (Å²) in [6.07, 6.45) is 0. The lowest BCUT2D eigenvalue weighted by atomic mass is 10.3. The summed E-state index contributed by atoms with van der Waals surface area (Å²) in [4.78, 5) is 22.4. The first kappa shape index (κ1) is 17.9. The van der Waals surface area contributed by atoms with Gasteiger partial charge in [0.1, 0.15) is 16.1 Å². The Balaban J connectivity index is 2.08. The Bertz CT molecular complexity index is 687. The number of benzene rings is 1. The summed E-state index contributed by atoms with van der Waals surface area (Å²) in [5.41, 5.74) is -0.843. The van der Waals surface area contributed by atoms with Crippen LogP contribution >= 0.6 is 8.03 Å². The lowest BCUT2D eigenvalue weighted by molar-refractivity contribution is -0.133. The second kappa shape index (κ2) is 7.92. The molecule has 1 unspecified atom stereocenters. The van der Waals surface area contributed by atoms with Crippen molar-refractivity contribution in [2.75, 3.05) is 38.3 Å². The Hall–Kier alpha value is -1.41. The molecule has 2 rings (SSSR count). The summed E-state index contributed by atoms with van der Waals surface area (Å²) in [6.45, 7) is 2.30. The first-order chi connectivity index (χ1) is 10.9. The first-order valence-electron chi connectivity index (χ1n) is 7.05. The van der Waals surface area contributed by atoms with Crippen LogP contribution in [-0.2, 0) is 19.2 Å². The highest BCUT2D eigenvalue weighted by Crippen LogP contribution is 2.29. The molecule has 10 heteroatoms. The Morgan fingerprint density at radius 3 is 2.61 bits per heavy atom. The van der Waals surface area contributed by atoms with Crippen molar-refractivity contribution in [1.29, 1.82) is 0 Å². The molecule has 1 fully saturated rings. The number of nitrogens with one attached hydrogen (secondary N) is 1. The molecule has 0 saturated carbocycles. The summed E-state index contributed by atoms with van der Waals surface area (Å²) in [6, 6.07) is 5.79. The maximum Gasteiger partial charge on any atom is 0.260 e. The third-order valence-corrected chi connectivity index (χ3v) is 6.83. The SMILES string of the molecule is O=C(COc1ccccc1S(=O)(=O)C[PH](=O)O)N1CCNCC1. The van der Waals surface area contributed by atoms with Gasteiger partial charge in [-0.15, -0.1) is 0 Å². The van der Waals surface area contributed by atoms with E-state index < -0.39 is 23.4 Å². The highest BCUT2D eigenvalue weighted by Gasteiger charge is 2.23. The van der Waals surface area contributed by atoms with Crippen molar-refractivity contribution in [3.8, 4) is 5.75 Å². The number of amides is 1. The van der Waals surface area contributed by atoms with Crippen LogP contribution < -0.4 is 10.1 Å². The molecular formula is C13H19N2O6PS. The molecule has 8 nitrogen and oxygen atoms in total. The van der Waals surface area contributed by atoms with Gasteiger partial charge in [-0.05, 0) is 12.1 Å². The number of sulfone groups is 1. The van der Waals surface area contributed by atoms with Crippen LogP contribution in [0.3, 0.4) is 0 Å². The van der Waals surface area contributed by atoms with Gasteiger partial charge in [-0.2, -0.15) is 0 Å². The summed E-state index contributed by atoms with van der Waals surface area (Å²) in [7, 11) is -7.12. The fraction of sp³-hybridized carbons (Fsp3) is 0.462. The average molecular weight is 362 g/mol. The predicted molar refractivity (Wildman–Crippen MR) is 84.7 cm³/mol. The minimum absolute atomic E-state index is 0.0132. The van der Waals surface area contributed by atoms with Crippen LogP contribution in [0, 0.1) is 0 Å². The Morgan fingerprint density at radius 1 is 1.30 bits per heavy atom. The van der Waals surface area contributed by atoms with Crippen molar-refractivity contribution in [3.05, 3.63) is 24.3 Å². The molecule has 1 amide bonds. The molecule has 1 heterocycles. The maximum atomic E-state index is 12.1. The van der Waals surface area contributed by atoms with Gasteiger partial charge in [0, 0.05) is 26.2 Å². The van der Waals surface area contributed by atoms with Crippen LogP contribution in [0.15, 0.2) is 29.2 Å². The number of carbonyl (C=O) groups excluding carboxylic acids is 1. The van der Waals surface area contributed by atoms with E-state index in [-0.39, 0.29) is 23.2 Å². The number of hydrogen-bond acceptors (Lipinski definition) is 6. The highest BCUT2D eigenvalue weighted by atomic mass is 32.2. The van der Waals surface area contributed by atoms with E-state index >= 15 is 0 Å². The molecule has 128 valence electrons. The Labute approximate surface area is 135 Å². The molecule has 1 aromatic rings. The van der Waals surface area contributed by atoms with E-state index in [2.05, 4.69) is 5.32 Å². The molecule has 0 radical (unpaired) electrons. The number of nitrogens with zero attached hydrogens (tertiary/aromatic N) is 1. The molecule has 0 aromatic heterocycles. The van der Waals surface area contributed by atoms with Gasteiger partial charge in [-0.25, -0.2) is 8.42 Å². The van der Waals surface area contributed by atoms with Crippen molar-refractivity contribution in [3.63, 3.8) is 0 Å². The number of para-hydroxylation sites is 1. The molecule has 1 atom stereocenters. The summed E-state index contributed by atoms with van der Waals surface area (Å²) >= 11 is 0. The van der Waals surface area contributed by atoms with Crippen molar-refractivity contribution in [2.24, 2.45) is 0 Å². The van der Waals surface area contributed by atoms with E-state index in [0.717, 1.165) is 0 Å². The van der Waals surface area contributed by atoms with E-state index in [1.165, 1.54) is 18.2 Å². The third kappa shape index (κ3) is 5.04. The van der Waals surface area contributed by atoms with Crippen LogP contribution in [-0.4, -0.2) is 62.4 Å². The lowest BCUT2D eigenvalue weighted by Crippen LogP contribution is -2.47. The van der Waals surface area contributed by atoms with Crippen LogP contribution in [0.4, 0.5) is 0 Å². The molecule has 1 saturated heterocycles. The van der Waals surface area contributed by atoms with Crippen LogP contribution in [0.1, 0.15) is 0 Å². The second-order valence-corrected chi connectivity index (χ2v) is 8.63. The van der Waals surface area contributed by atoms with Crippen molar-refractivity contribution in [2.45, 2.75) is 4.90 Å². The minimum atomic E-state index is -3.94. The molecule has 23 heavy (non-hydrogen) atoms. The fourth-order valence-corrected chi connectivity index (χ4v) is 4.85. The zero-order valence-electron chi connectivity index (χ0n) is 12.4. The van der Waals surface area contributed by atoms with Gasteiger partial charge in [0.2, 0.25) is 8.03 Å². The number of hydrogen-bond donors (Lipinski definition) is 2. The smallest absolute Gasteiger partial charge is 0.260 e. The monoisotopic (exact) mass is 362 g/mol. The molecule has 1 aromatic carbocycles. The molecule has 1 aliphatic heterocycles. The Kier molecular flexibility index (Phi) is 6.17. The van der Waals surface area contributed by atoms with Crippen molar-refractivity contribution >= 4 is 23.8 Å². The topological polar surface area (TPSA) is 113 Å². The van der Waals surface area contributed by atoms with Gasteiger partial charge in [-0.1, -0.05) is 12.1 Å². The third-order valence-electron chi connectivity index (χ3n) is 3.32. The molecule has 0 aliphatic carbocycles. The summed E-state index contributed by atoms with van der Waals surface area (Å²) in [5.74, 6) is -0.214. The zero-order chi connectivity index (χ0) is 16.9. The number of rotatable bonds is 6. The maximum absolute atomic E-state index is 12.1. The molecule has 2 N–H and O–H groups in total. The van der Waals surface area contributed by atoms with E-state index in [9.17, 15) is 17.8 Å². The van der Waals surface area contributed by atoms with Gasteiger partial charge in [0.15, 0.2) is 16.4 Å². The Morgan fingerprint density at radius 2 is 1.96 bits per heavy atom. The largest absolute Gasteiger partial charge is 0.482 e. The van der Waals surface area contributed by atoms with Gasteiger partial charge < -0.3 is 19.8 Å². The van der Waals surface area contributed by atoms with E-state index in [4.69, 9.17) is 9.63 Å². The average Bonchev–Trinajstić information content (AvgIpc) is 2.52. The van der Waals surface area contributed by atoms with Gasteiger partial charge in [-0.3, -0.25) is 9.36 Å². The molecule has 0 spiro atoms. The molecule has 1 aliphatic rings. The van der Waals surface area contributed by atoms with Gasteiger partial charge >= 0.3 is 0 Å². The van der Waals surface area contributed by atoms with E-state index in [1.807, 2.05) is 0 Å². The van der Waals surface area contributed by atoms with Crippen molar-refractivity contribution in [1.82, 2.24) is 10.2 Å². The zero-order valence-corrected chi connectivity index (χ0v) is 14.2. The fourth-order valence-electron chi connectivity index (χ4n) is 2.21.